The maximum Gasteiger partial charge on any atom is 0.259 e. The van der Waals surface area contributed by atoms with Gasteiger partial charge in [-0.2, -0.15) is 0 Å². The molecule has 2 amide bonds. The van der Waals surface area contributed by atoms with E-state index in [9.17, 15) is 9.59 Å². The van der Waals surface area contributed by atoms with E-state index in [0.717, 1.165) is 22.1 Å². The maximum absolute atomic E-state index is 12.9. The van der Waals surface area contributed by atoms with Crippen LogP contribution in [0.3, 0.4) is 0 Å². The monoisotopic (exact) mass is 401 g/mol. The number of amides is 2. The molecule has 0 atom stereocenters. The predicted octanol–water partition coefficient (Wildman–Crippen LogP) is 3.81. The molecule has 2 heterocycles. The largest absolute Gasteiger partial charge is 0.312 e. The van der Waals surface area contributed by atoms with Gasteiger partial charge >= 0.3 is 0 Å². The molecule has 2 aromatic rings. The van der Waals surface area contributed by atoms with Crippen LogP contribution in [-0.2, 0) is 11.2 Å². The lowest BCUT2D eigenvalue weighted by atomic mass is 10.1. The summed E-state index contributed by atoms with van der Waals surface area (Å²) in [6, 6.07) is 9.27. The first kappa shape index (κ1) is 17.6. The van der Waals surface area contributed by atoms with Gasteiger partial charge in [0, 0.05) is 41.4 Å². The van der Waals surface area contributed by atoms with Gasteiger partial charge in [-0.1, -0.05) is 6.92 Å². The molecule has 3 rings (SSSR count). The highest BCUT2D eigenvalue weighted by Crippen LogP contribution is 2.30. The Bertz CT molecular complexity index is 805. The van der Waals surface area contributed by atoms with Crippen LogP contribution >= 0.6 is 15.9 Å². The Balaban J connectivity index is 1.88. The fraction of sp³-hybridized carbons (Fsp3) is 0.316. The van der Waals surface area contributed by atoms with Crippen molar-refractivity contribution in [1.29, 1.82) is 0 Å². The van der Waals surface area contributed by atoms with Crippen molar-refractivity contribution >= 4 is 39.2 Å². The highest BCUT2D eigenvalue weighted by atomic mass is 79.9. The molecule has 25 heavy (non-hydrogen) atoms. The lowest BCUT2D eigenvalue weighted by molar-refractivity contribution is -0.118. The van der Waals surface area contributed by atoms with Crippen LogP contribution in [0, 0.1) is 0 Å². The zero-order chi connectivity index (χ0) is 18.0. The summed E-state index contributed by atoms with van der Waals surface area (Å²) >= 11 is 3.36. The molecule has 1 aliphatic rings. The zero-order valence-corrected chi connectivity index (χ0v) is 15.9. The minimum Gasteiger partial charge on any atom is -0.312 e. The van der Waals surface area contributed by atoms with Gasteiger partial charge in [-0.05, 0) is 65.2 Å². The van der Waals surface area contributed by atoms with Crippen molar-refractivity contribution in [3.05, 3.63) is 52.1 Å². The highest BCUT2D eigenvalue weighted by Gasteiger charge is 2.25. The standard InChI is InChI=1S/C19H20BrN3O2/c1-3-18(24)23-10-9-13-11-14(5-7-16(13)23)19(25)22(4-2)17-8-6-15(20)12-21-17/h5-8,11-12H,3-4,9-10H2,1-2H3. The van der Waals surface area contributed by atoms with Gasteiger partial charge in [0.1, 0.15) is 5.82 Å². The lowest BCUT2D eigenvalue weighted by Gasteiger charge is -2.21. The summed E-state index contributed by atoms with van der Waals surface area (Å²) in [4.78, 5) is 32.7. The Hall–Kier alpha value is -2.21. The van der Waals surface area contributed by atoms with Gasteiger partial charge in [0.2, 0.25) is 5.91 Å². The number of carbonyl (C=O) groups is 2. The number of pyridine rings is 1. The third kappa shape index (κ3) is 3.44. The molecule has 0 aliphatic carbocycles. The van der Waals surface area contributed by atoms with Crippen LogP contribution in [0.4, 0.5) is 11.5 Å². The Morgan fingerprint density at radius 3 is 2.68 bits per heavy atom. The quantitative estimate of drug-likeness (QED) is 0.782. The molecule has 0 unspecified atom stereocenters. The van der Waals surface area contributed by atoms with E-state index in [1.807, 2.05) is 38.1 Å². The van der Waals surface area contributed by atoms with Crippen LogP contribution in [0.2, 0.25) is 0 Å². The Morgan fingerprint density at radius 2 is 2.04 bits per heavy atom. The molecule has 0 N–H and O–H groups in total. The average Bonchev–Trinajstić information content (AvgIpc) is 3.06. The van der Waals surface area contributed by atoms with E-state index in [4.69, 9.17) is 0 Å². The first-order chi connectivity index (χ1) is 12.0. The normalized spacial score (nSPS) is 12.8. The summed E-state index contributed by atoms with van der Waals surface area (Å²) in [5.74, 6) is 0.659. The van der Waals surface area contributed by atoms with Gasteiger partial charge in [0.05, 0.1) is 0 Å². The van der Waals surface area contributed by atoms with Gasteiger partial charge in [0.25, 0.3) is 5.91 Å². The van der Waals surface area contributed by atoms with Gasteiger partial charge in [0.15, 0.2) is 0 Å². The molecule has 6 heteroatoms. The Morgan fingerprint density at radius 1 is 1.24 bits per heavy atom. The third-order valence-corrected chi connectivity index (χ3v) is 4.84. The Labute approximate surface area is 155 Å². The second kappa shape index (κ2) is 7.35. The fourth-order valence-electron chi connectivity index (χ4n) is 3.08. The summed E-state index contributed by atoms with van der Waals surface area (Å²) in [5, 5.41) is 0. The summed E-state index contributed by atoms with van der Waals surface area (Å²) in [6.45, 7) is 5.01. The maximum atomic E-state index is 12.9. The van der Waals surface area contributed by atoms with E-state index < -0.39 is 0 Å². The number of carbonyl (C=O) groups excluding carboxylic acids is 2. The molecular formula is C19H20BrN3O2. The van der Waals surface area contributed by atoms with Crippen molar-refractivity contribution in [2.24, 2.45) is 0 Å². The lowest BCUT2D eigenvalue weighted by Crippen LogP contribution is -2.31. The van der Waals surface area contributed by atoms with Crippen molar-refractivity contribution in [1.82, 2.24) is 4.98 Å². The van der Waals surface area contributed by atoms with Gasteiger partial charge in [-0.15, -0.1) is 0 Å². The molecule has 0 saturated carbocycles. The Kier molecular flexibility index (Phi) is 5.18. The van der Waals surface area contributed by atoms with E-state index in [1.54, 1.807) is 22.1 Å². The summed E-state index contributed by atoms with van der Waals surface area (Å²) < 4.78 is 0.873. The summed E-state index contributed by atoms with van der Waals surface area (Å²) in [6.07, 6.45) is 2.95. The van der Waals surface area contributed by atoms with E-state index in [0.29, 0.717) is 30.9 Å². The van der Waals surface area contributed by atoms with Crippen molar-refractivity contribution in [2.45, 2.75) is 26.7 Å². The summed E-state index contributed by atoms with van der Waals surface area (Å²) in [7, 11) is 0. The summed E-state index contributed by atoms with van der Waals surface area (Å²) in [5.41, 5.74) is 2.59. The van der Waals surface area contributed by atoms with Gasteiger partial charge < -0.3 is 4.90 Å². The predicted molar refractivity (Wildman–Crippen MR) is 102 cm³/mol. The van der Waals surface area contributed by atoms with E-state index in [1.165, 1.54) is 0 Å². The molecule has 0 bridgehead atoms. The zero-order valence-electron chi connectivity index (χ0n) is 14.3. The topological polar surface area (TPSA) is 53.5 Å². The average molecular weight is 402 g/mol. The van der Waals surface area contributed by atoms with Crippen LogP contribution in [0.25, 0.3) is 0 Å². The van der Waals surface area contributed by atoms with Crippen LogP contribution in [0.1, 0.15) is 36.2 Å². The second-order valence-corrected chi connectivity index (χ2v) is 6.79. The number of nitrogens with zero attached hydrogens (tertiary/aromatic N) is 3. The first-order valence-electron chi connectivity index (χ1n) is 8.41. The molecule has 130 valence electrons. The molecule has 1 aromatic heterocycles. The SMILES string of the molecule is CCC(=O)N1CCc2cc(C(=O)N(CC)c3ccc(Br)cn3)ccc21. The minimum absolute atomic E-state index is 0.0830. The number of halogens is 1. The molecule has 0 fully saturated rings. The van der Waals surface area contributed by atoms with Crippen LogP contribution in [0.5, 0.6) is 0 Å². The highest BCUT2D eigenvalue weighted by molar-refractivity contribution is 9.10. The van der Waals surface area contributed by atoms with Crippen molar-refractivity contribution < 1.29 is 9.59 Å². The van der Waals surface area contributed by atoms with E-state index in [-0.39, 0.29) is 11.8 Å². The third-order valence-electron chi connectivity index (χ3n) is 4.38. The molecule has 5 nitrogen and oxygen atoms in total. The van der Waals surface area contributed by atoms with Crippen molar-refractivity contribution in [3.8, 4) is 0 Å². The van der Waals surface area contributed by atoms with E-state index in [2.05, 4.69) is 20.9 Å². The number of aromatic nitrogens is 1. The molecule has 1 aromatic carbocycles. The number of rotatable bonds is 4. The molecule has 0 radical (unpaired) electrons. The van der Waals surface area contributed by atoms with Gasteiger partial charge in [-0.3, -0.25) is 14.5 Å². The fourth-order valence-corrected chi connectivity index (χ4v) is 3.31. The number of hydrogen-bond donors (Lipinski definition) is 0. The molecule has 0 spiro atoms. The first-order valence-corrected chi connectivity index (χ1v) is 9.21. The van der Waals surface area contributed by atoms with Crippen molar-refractivity contribution in [2.75, 3.05) is 22.9 Å². The van der Waals surface area contributed by atoms with Crippen LogP contribution in [-0.4, -0.2) is 29.9 Å². The van der Waals surface area contributed by atoms with Crippen LogP contribution < -0.4 is 9.80 Å². The number of hydrogen-bond acceptors (Lipinski definition) is 3. The second-order valence-electron chi connectivity index (χ2n) is 5.88. The van der Waals surface area contributed by atoms with E-state index >= 15 is 0 Å². The smallest absolute Gasteiger partial charge is 0.259 e. The van der Waals surface area contributed by atoms with Crippen molar-refractivity contribution in [3.63, 3.8) is 0 Å². The molecular weight excluding hydrogens is 382 g/mol. The van der Waals surface area contributed by atoms with Crippen LogP contribution in [0.15, 0.2) is 41.0 Å². The minimum atomic E-state index is -0.0830. The number of benzene rings is 1. The number of fused-ring (bicyclic) bond motifs is 1. The van der Waals surface area contributed by atoms with Gasteiger partial charge in [-0.25, -0.2) is 4.98 Å². The molecule has 0 saturated heterocycles. The molecule has 1 aliphatic heterocycles. The number of anilines is 2.